The molecule has 1 aliphatic rings. The average molecular weight is 340 g/mol. The smallest absolute Gasteiger partial charge is 0.282 e. The summed E-state index contributed by atoms with van der Waals surface area (Å²) >= 11 is 6.02. The monoisotopic (exact) mass is 339 g/mol. The third-order valence-corrected chi connectivity index (χ3v) is 4.29. The van der Waals surface area contributed by atoms with Gasteiger partial charge in [0.05, 0.1) is 0 Å². The Bertz CT molecular complexity index is 741. The first-order valence-electron chi connectivity index (χ1n) is 7.36. The molecule has 1 N–H and O–H groups in total. The molecule has 7 heteroatoms. The molecule has 0 radical (unpaired) electrons. The van der Waals surface area contributed by atoms with E-state index in [2.05, 4.69) is 10.4 Å². The largest absolute Gasteiger partial charge is 0.324 e. The Kier molecular flexibility index (Phi) is 4.35. The number of benzene rings is 1. The van der Waals surface area contributed by atoms with Gasteiger partial charge < -0.3 is 5.32 Å². The lowest BCUT2D eigenvalue weighted by Gasteiger charge is -2.11. The van der Waals surface area contributed by atoms with Crippen LogP contribution in [0, 0.1) is 6.92 Å². The van der Waals surface area contributed by atoms with E-state index in [0.717, 1.165) is 18.4 Å². The summed E-state index contributed by atoms with van der Waals surface area (Å²) in [6, 6.07) is 6.62. The number of nitrogens with zero attached hydrogens (tertiary/aromatic N) is 2. The molecule has 0 saturated heterocycles. The van der Waals surface area contributed by atoms with Gasteiger partial charge in [0, 0.05) is 22.3 Å². The third kappa shape index (κ3) is 3.52. The molecule has 1 amide bonds. The van der Waals surface area contributed by atoms with Crippen LogP contribution in [-0.4, -0.2) is 15.7 Å². The highest BCUT2D eigenvalue weighted by Crippen LogP contribution is 2.41. The van der Waals surface area contributed by atoms with Crippen molar-refractivity contribution in [2.45, 2.75) is 38.7 Å². The van der Waals surface area contributed by atoms with Gasteiger partial charge >= 0.3 is 0 Å². The number of carbonyl (C=O) groups is 1. The Morgan fingerprint density at radius 3 is 2.87 bits per heavy atom. The van der Waals surface area contributed by atoms with E-state index < -0.39 is 6.43 Å². The van der Waals surface area contributed by atoms with Crippen LogP contribution in [0.4, 0.5) is 14.5 Å². The van der Waals surface area contributed by atoms with E-state index in [1.165, 1.54) is 10.7 Å². The lowest BCUT2D eigenvalue weighted by atomic mass is 10.2. The van der Waals surface area contributed by atoms with Gasteiger partial charge in [-0.1, -0.05) is 17.7 Å². The van der Waals surface area contributed by atoms with Crippen LogP contribution in [0.2, 0.25) is 5.02 Å². The van der Waals surface area contributed by atoms with E-state index in [-0.39, 0.29) is 24.1 Å². The van der Waals surface area contributed by atoms with Crippen LogP contribution in [0.15, 0.2) is 24.3 Å². The quantitative estimate of drug-likeness (QED) is 0.882. The summed E-state index contributed by atoms with van der Waals surface area (Å²) in [5, 5.41) is 7.18. The summed E-state index contributed by atoms with van der Waals surface area (Å²) in [7, 11) is 0. The number of amides is 1. The molecule has 0 spiro atoms. The molecule has 4 nitrogen and oxygen atoms in total. The van der Waals surface area contributed by atoms with E-state index >= 15 is 0 Å². The summed E-state index contributed by atoms with van der Waals surface area (Å²) in [5.74, 6) is -0.0862. The first kappa shape index (κ1) is 15.9. The molecule has 1 aromatic heterocycles. The maximum Gasteiger partial charge on any atom is 0.282 e. The number of aromatic nitrogens is 2. The molecule has 1 aliphatic carbocycles. The van der Waals surface area contributed by atoms with Gasteiger partial charge in [-0.2, -0.15) is 5.10 Å². The molecule has 1 saturated carbocycles. The van der Waals surface area contributed by atoms with Crippen molar-refractivity contribution in [3.8, 4) is 0 Å². The minimum absolute atomic E-state index is 0.0928. The number of hydrogen-bond acceptors (Lipinski definition) is 2. The van der Waals surface area contributed by atoms with Crippen LogP contribution in [0.5, 0.6) is 0 Å². The number of carbonyl (C=O) groups excluding carboxylic acids is 1. The van der Waals surface area contributed by atoms with E-state index in [4.69, 9.17) is 11.6 Å². The van der Waals surface area contributed by atoms with Crippen molar-refractivity contribution < 1.29 is 13.6 Å². The van der Waals surface area contributed by atoms with Crippen LogP contribution < -0.4 is 5.32 Å². The van der Waals surface area contributed by atoms with Gasteiger partial charge in [-0.25, -0.2) is 8.78 Å². The number of alkyl halides is 2. The van der Waals surface area contributed by atoms with E-state index in [1.54, 1.807) is 25.1 Å². The summed E-state index contributed by atoms with van der Waals surface area (Å²) in [5.41, 5.74) is 1.80. The second-order valence-electron chi connectivity index (χ2n) is 5.69. The summed E-state index contributed by atoms with van der Waals surface area (Å²) < 4.78 is 27.1. The highest BCUT2D eigenvalue weighted by molar-refractivity contribution is 6.31. The van der Waals surface area contributed by atoms with E-state index in [9.17, 15) is 13.6 Å². The van der Waals surface area contributed by atoms with Gasteiger partial charge in [-0.05, 0) is 43.5 Å². The molecule has 122 valence electrons. The van der Waals surface area contributed by atoms with Crippen molar-refractivity contribution in [2.75, 3.05) is 5.32 Å². The zero-order valence-corrected chi connectivity index (χ0v) is 13.3. The van der Waals surface area contributed by atoms with Crippen molar-refractivity contribution in [1.82, 2.24) is 9.78 Å². The van der Waals surface area contributed by atoms with Crippen molar-refractivity contribution in [3.63, 3.8) is 0 Å². The summed E-state index contributed by atoms with van der Waals surface area (Å²) in [6.07, 6.45) is -0.737. The summed E-state index contributed by atoms with van der Waals surface area (Å²) in [6.45, 7) is 1.71. The normalized spacial score (nSPS) is 14.3. The Morgan fingerprint density at radius 2 is 2.22 bits per heavy atom. The molecular formula is C16H16ClF2N3O. The number of nitrogens with one attached hydrogen (secondary N) is 1. The Labute approximate surface area is 137 Å². The Morgan fingerprint density at radius 1 is 1.48 bits per heavy atom. The second-order valence-corrected chi connectivity index (χ2v) is 6.09. The third-order valence-electron chi connectivity index (χ3n) is 3.88. The van der Waals surface area contributed by atoms with Gasteiger partial charge in [-0.15, -0.1) is 0 Å². The van der Waals surface area contributed by atoms with Crippen molar-refractivity contribution >= 4 is 23.2 Å². The minimum atomic E-state index is -2.63. The lowest BCUT2D eigenvalue weighted by Crippen LogP contribution is -2.21. The van der Waals surface area contributed by atoms with Crippen molar-refractivity contribution in [2.24, 2.45) is 0 Å². The molecular weight excluding hydrogens is 324 g/mol. The molecule has 3 rings (SSSR count). The highest BCUT2D eigenvalue weighted by Gasteiger charge is 2.30. The van der Waals surface area contributed by atoms with Crippen molar-refractivity contribution in [3.05, 3.63) is 46.2 Å². The van der Waals surface area contributed by atoms with Crippen LogP contribution in [0.3, 0.4) is 0 Å². The fourth-order valence-electron chi connectivity index (χ4n) is 2.46. The van der Waals surface area contributed by atoms with Gasteiger partial charge in [0.25, 0.3) is 6.43 Å². The van der Waals surface area contributed by atoms with Gasteiger partial charge in [0.15, 0.2) is 0 Å². The average Bonchev–Trinajstić information content (AvgIpc) is 3.25. The first-order valence-corrected chi connectivity index (χ1v) is 7.74. The molecule has 0 unspecified atom stereocenters. The number of anilines is 1. The van der Waals surface area contributed by atoms with E-state index in [1.807, 2.05) is 0 Å². The number of halogens is 3. The molecule has 1 fully saturated rings. The van der Waals surface area contributed by atoms with Gasteiger partial charge in [0.1, 0.15) is 12.2 Å². The standard InChI is InChI=1S/C16H16ClF2N3O/c1-9-11(17)3-2-4-12(9)20-15(23)8-22-14(10-5-6-10)7-13(21-22)16(18)19/h2-4,7,10,16H,5-6,8H2,1H3,(H,20,23). The van der Waals surface area contributed by atoms with Gasteiger partial charge in [0.2, 0.25) is 5.91 Å². The zero-order chi connectivity index (χ0) is 16.6. The first-order chi connectivity index (χ1) is 11.0. The Balaban J connectivity index is 1.76. The molecule has 0 atom stereocenters. The van der Waals surface area contributed by atoms with Crippen molar-refractivity contribution in [1.29, 1.82) is 0 Å². The highest BCUT2D eigenvalue weighted by atomic mass is 35.5. The maximum atomic E-state index is 12.8. The zero-order valence-electron chi connectivity index (χ0n) is 12.5. The summed E-state index contributed by atoms with van der Waals surface area (Å²) in [4.78, 5) is 12.2. The topological polar surface area (TPSA) is 46.9 Å². The number of hydrogen-bond donors (Lipinski definition) is 1. The minimum Gasteiger partial charge on any atom is -0.324 e. The molecule has 1 aromatic carbocycles. The predicted octanol–water partition coefficient (Wildman–Crippen LogP) is 4.30. The maximum absolute atomic E-state index is 12.8. The fourth-order valence-corrected chi connectivity index (χ4v) is 2.64. The predicted molar refractivity (Wildman–Crippen MR) is 84.0 cm³/mol. The molecule has 0 bridgehead atoms. The van der Waals surface area contributed by atoms with Gasteiger partial charge in [-0.3, -0.25) is 9.48 Å². The molecule has 2 aromatic rings. The van der Waals surface area contributed by atoms with Crippen LogP contribution in [-0.2, 0) is 11.3 Å². The Hall–Kier alpha value is -1.95. The SMILES string of the molecule is Cc1c(Cl)cccc1NC(=O)Cn1nc(C(F)F)cc1C1CC1. The van der Waals surface area contributed by atoms with Crippen LogP contribution in [0.1, 0.15) is 42.1 Å². The van der Waals surface area contributed by atoms with Crippen LogP contribution >= 0.6 is 11.6 Å². The van der Waals surface area contributed by atoms with E-state index in [0.29, 0.717) is 16.4 Å². The molecule has 1 heterocycles. The lowest BCUT2D eigenvalue weighted by molar-refractivity contribution is -0.117. The fraction of sp³-hybridized carbons (Fsp3) is 0.375. The van der Waals surface area contributed by atoms with Crippen LogP contribution in [0.25, 0.3) is 0 Å². The number of rotatable bonds is 5. The molecule has 0 aliphatic heterocycles. The molecule has 23 heavy (non-hydrogen) atoms. The second kappa shape index (κ2) is 6.28.